The average molecular weight is 364 g/mol. The summed E-state index contributed by atoms with van der Waals surface area (Å²) in [6, 6.07) is 14.7. The first-order valence-corrected chi connectivity index (χ1v) is 8.48. The highest BCUT2D eigenvalue weighted by Gasteiger charge is 2.29. The van der Waals surface area contributed by atoms with E-state index in [0.29, 0.717) is 22.1 Å². The molecular weight excluding hydrogens is 350 g/mol. The molecule has 4 rings (SSSR count). The van der Waals surface area contributed by atoms with Gasteiger partial charge < -0.3 is 5.32 Å². The summed E-state index contributed by atoms with van der Waals surface area (Å²) < 4.78 is 0. The van der Waals surface area contributed by atoms with Crippen molar-refractivity contribution in [2.24, 2.45) is 0 Å². The molecule has 0 spiro atoms. The number of ketones is 1. The first-order valence-electron chi connectivity index (χ1n) is 8.10. The quantitative estimate of drug-likeness (QED) is 0.742. The van der Waals surface area contributed by atoms with Crippen molar-refractivity contribution in [2.75, 3.05) is 5.32 Å². The summed E-state index contributed by atoms with van der Waals surface area (Å²) in [5.74, 6) is 0.269. The fourth-order valence-electron chi connectivity index (χ4n) is 3.07. The fourth-order valence-corrected chi connectivity index (χ4v) is 3.20. The molecule has 3 aromatic rings. The maximum Gasteiger partial charge on any atom is 0.222 e. The van der Waals surface area contributed by atoms with Crippen molar-refractivity contribution < 1.29 is 9.59 Å². The van der Waals surface area contributed by atoms with E-state index in [1.165, 1.54) is 6.92 Å². The molecule has 0 saturated carbocycles. The van der Waals surface area contributed by atoms with Crippen molar-refractivity contribution in [3.05, 3.63) is 64.7 Å². The zero-order valence-corrected chi connectivity index (χ0v) is 14.7. The molecule has 0 atom stereocenters. The number of benzene rings is 2. The predicted molar refractivity (Wildman–Crippen MR) is 100 cm³/mol. The lowest BCUT2D eigenvalue weighted by Crippen LogP contribution is -2.20. The molecule has 1 amide bonds. The van der Waals surface area contributed by atoms with Gasteiger partial charge in [0.2, 0.25) is 5.91 Å². The Morgan fingerprint density at radius 3 is 2.54 bits per heavy atom. The Balaban J connectivity index is 1.99. The minimum absolute atomic E-state index is 0.106. The zero-order chi connectivity index (χ0) is 18.3. The normalized spacial score (nSPS) is 12.3. The van der Waals surface area contributed by atoms with Gasteiger partial charge in [0.15, 0.2) is 11.6 Å². The van der Waals surface area contributed by atoms with E-state index >= 15 is 0 Å². The largest absolute Gasteiger partial charge is 0.310 e. The van der Waals surface area contributed by atoms with E-state index in [-0.39, 0.29) is 23.9 Å². The number of nitrogens with one attached hydrogen (secondary N) is 1. The van der Waals surface area contributed by atoms with Gasteiger partial charge in [0.1, 0.15) is 5.82 Å². The van der Waals surface area contributed by atoms with Crippen LogP contribution in [-0.2, 0) is 11.2 Å². The van der Waals surface area contributed by atoms with Gasteiger partial charge in [-0.2, -0.15) is 0 Å². The third-order valence-corrected chi connectivity index (χ3v) is 4.46. The van der Waals surface area contributed by atoms with Crippen molar-refractivity contribution in [3.63, 3.8) is 0 Å². The molecule has 6 heteroatoms. The Morgan fingerprint density at radius 1 is 1.08 bits per heavy atom. The molecule has 1 heterocycles. The Bertz CT molecular complexity index is 1050. The Hall–Kier alpha value is -3.05. The second-order valence-corrected chi connectivity index (χ2v) is 6.50. The predicted octanol–water partition coefficient (Wildman–Crippen LogP) is 4.16. The SMILES string of the molecule is CC(=O)Nc1nc(-c2ccc(Cl)cc2)nc2c1C(=O)Cc1ccccc1-2. The van der Waals surface area contributed by atoms with E-state index in [4.69, 9.17) is 11.6 Å². The summed E-state index contributed by atoms with van der Waals surface area (Å²) in [6.45, 7) is 1.39. The van der Waals surface area contributed by atoms with Crippen molar-refractivity contribution in [2.45, 2.75) is 13.3 Å². The molecule has 0 fully saturated rings. The van der Waals surface area contributed by atoms with Crippen LogP contribution in [-0.4, -0.2) is 21.7 Å². The van der Waals surface area contributed by atoms with Gasteiger partial charge in [0.25, 0.3) is 0 Å². The van der Waals surface area contributed by atoms with E-state index in [1.54, 1.807) is 24.3 Å². The van der Waals surface area contributed by atoms with E-state index in [1.807, 2.05) is 24.3 Å². The van der Waals surface area contributed by atoms with Crippen LogP contribution in [0.15, 0.2) is 48.5 Å². The number of anilines is 1. The number of amides is 1. The number of carbonyl (C=O) groups is 2. The summed E-state index contributed by atoms with van der Waals surface area (Å²) in [6.07, 6.45) is 0.263. The molecule has 26 heavy (non-hydrogen) atoms. The second kappa shape index (κ2) is 6.35. The summed E-state index contributed by atoms with van der Waals surface area (Å²) in [4.78, 5) is 33.4. The number of rotatable bonds is 2. The first kappa shape index (κ1) is 16.4. The molecular formula is C20H14ClN3O2. The van der Waals surface area contributed by atoms with Crippen LogP contribution in [0.4, 0.5) is 5.82 Å². The number of hydrogen-bond acceptors (Lipinski definition) is 4. The lowest BCUT2D eigenvalue weighted by molar-refractivity contribution is -0.114. The number of aromatic nitrogens is 2. The molecule has 0 bridgehead atoms. The van der Waals surface area contributed by atoms with Gasteiger partial charge in [0.05, 0.1) is 11.3 Å². The molecule has 0 unspecified atom stereocenters. The topological polar surface area (TPSA) is 72.0 Å². The van der Waals surface area contributed by atoms with Gasteiger partial charge in [-0.25, -0.2) is 9.97 Å². The van der Waals surface area contributed by atoms with E-state index in [2.05, 4.69) is 15.3 Å². The minimum atomic E-state index is -0.292. The van der Waals surface area contributed by atoms with Crippen LogP contribution in [0.5, 0.6) is 0 Å². The van der Waals surface area contributed by atoms with Crippen LogP contribution in [0, 0.1) is 0 Å². The number of fused-ring (bicyclic) bond motifs is 3. The van der Waals surface area contributed by atoms with Crippen molar-refractivity contribution >= 4 is 29.1 Å². The summed E-state index contributed by atoms with van der Waals surface area (Å²) in [7, 11) is 0. The Morgan fingerprint density at radius 2 is 1.81 bits per heavy atom. The number of Topliss-reactive ketones (excluding diaryl/α,β-unsaturated/α-hetero) is 1. The number of nitrogens with zero attached hydrogens (tertiary/aromatic N) is 2. The summed E-state index contributed by atoms with van der Waals surface area (Å²) >= 11 is 5.96. The smallest absolute Gasteiger partial charge is 0.222 e. The standard InChI is InChI=1S/C20H14ClN3O2/c1-11(25)22-20-17-16(26)10-13-4-2-3-5-15(13)18(17)23-19(24-20)12-6-8-14(21)9-7-12/h2-9H,10H2,1H3,(H,22,23,24,25). The highest BCUT2D eigenvalue weighted by atomic mass is 35.5. The minimum Gasteiger partial charge on any atom is -0.310 e. The molecule has 1 aliphatic carbocycles. The van der Waals surface area contributed by atoms with E-state index in [9.17, 15) is 9.59 Å². The van der Waals surface area contributed by atoms with Crippen molar-refractivity contribution in [1.29, 1.82) is 0 Å². The third-order valence-electron chi connectivity index (χ3n) is 4.21. The monoisotopic (exact) mass is 363 g/mol. The molecule has 0 aliphatic heterocycles. The molecule has 0 saturated heterocycles. The molecule has 0 radical (unpaired) electrons. The van der Waals surface area contributed by atoms with Gasteiger partial charge in [0, 0.05) is 29.5 Å². The van der Waals surface area contributed by atoms with Crippen LogP contribution in [0.1, 0.15) is 22.8 Å². The number of halogens is 1. The van der Waals surface area contributed by atoms with Gasteiger partial charge in [-0.3, -0.25) is 9.59 Å². The van der Waals surface area contributed by atoms with E-state index < -0.39 is 0 Å². The van der Waals surface area contributed by atoms with Crippen LogP contribution in [0.2, 0.25) is 5.02 Å². The number of carbonyl (C=O) groups excluding carboxylic acids is 2. The van der Waals surface area contributed by atoms with Crippen molar-refractivity contribution in [3.8, 4) is 22.6 Å². The maximum absolute atomic E-state index is 12.7. The second-order valence-electron chi connectivity index (χ2n) is 6.06. The van der Waals surface area contributed by atoms with Crippen molar-refractivity contribution in [1.82, 2.24) is 9.97 Å². The summed E-state index contributed by atoms with van der Waals surface area (Å²) in [5, 5.41) is 3.28. The highest BCUT2D eigenvalue weighted by molar-refractivity contribution is 6.30. The Kier molecular flexibility index (Phi) is 4.01. The average Bonchev–Trinajstić information content (AvgIpc) is 2.61. The number of hydrogen-bond donors (Lipinski definition) is 1. The van der Waals surface area contributed by atoms with Crippen LogP contribution in [0.25, 0.3) is 22.6 Å². The van der Waals surface area contributed by atoms with Gasteiger partial charge >= 0.3 is 0 Å². The third kappa shape index (κ3) is 2.86. The molecule has 5 nitrogen and oxygen atoms in total. The molecule has 2 aromatic carbocycles. The molecule has 1 aliphatic rings. The first-order chi connectivity index (χ1) is 12.5. The Labute approximate surface area is 155 Å². The lowest BCUT2D eigenvalue weighted by Gasteiger charge is -2.21. The van der Waals surface area contributed by atoms with Crippen LogP contribution < -0.4 is 5.32 Å². The lowest BCUT2D eigenvalue weighted by atomic mass is 9.88. The molecule has 1 aromatic heterocycles. The fraction of sp³-hybridized carbons (Fsp3) is 0.100. The van der Waals surface area contributed by atoms with Crippen LogP contribution in [0.3, 0.4) is 0 Å². The highest BCUT2D eigenvalue weighted by Crippen LogP contribution is 2.36. The van der Waals surface area contributed by atoms with E-state index in [0.717, 1.165) is 16.7 Å². The molecule has 128 valence electrons. The van der Waals surface area contributed by atoms with Gasteiger partial charge in [-0.05, 0) is 29.8 Å². The zero-order valence-electron chi connectivity index (χ0n) is 13.9. The maximum atomic E-state index is 12.7. The van der Waals surface area contributed by atoms with Crippen LogP contribution >= 0.6 is 11.6 Å². The van der Waals surface area contributed by atoms with Gasteiger partial charge in [-0.15, -0.1) is 0 Å². The molecule has 1 N–H and O–H groups in total. The van der Waals surface area contributed by atoms with Gasteiger partial charge in [-0.1, -0.05) is 35.9 Å². The summed E-state index contributed by atoms with van der Waals surface area (Å²) in [5.41, 5.74) is 3.45.